The van der Waals surface area contributed by atoms with Crippen LogP contribution in [0.15, 0.2) is 30.6 Å². The van der Waals surface area contributed by atoms with Crippen molar-refractivity contribution in [1.82, 2.24) is 9.97 Å². The number of aromatic amines is 1. The van der Waals surface area contributed by atoms with Crippen LogP contribution in [0, 0.1) is 10.1 Å². The van der Waals surface area contributed by atoms with Crippen molar-refractivity contribution in [2.24, 2.45) is 0 Å². The molecule has 0 amide bonds. The molecular weight excluding hydrogens is 210 g/mol. The molecule has 0 aliphatic rings. The molecule has 0 atom stereocenters. The van der Waals surface area contributed by atoms with E-state index in [-0.39, 0.29) is 5.69 Å². The summed E-state index contributed by atoms with van der Waals surface area (Å²) < 4.78 is 5.10. The fraction of sp³-hybridized carbons (Fsp3) is 0.100. The van der Waals surface area contributed by atoms with E-state index in [0.717, 1.165) is 0 Å². The van der Waals surface area contributed by atoms with Crippen molar-refractivity contribution in [3.05, 3.63) is 40.7 Å². The highest BCUT2D eigenvalue weighted by Gasteiger charge is 2.13. The fourth-order valence-corrected chi connectivity index (χ4v) is 1.40. The first-order valence-corrected chi connectivity index (χ1v) is 4.54. The smallest absolute Gasteiger partial charge is 0.273 e. The zero-order valence-corrected chi connectivity index (χ0v) is 8.51. The highest BCUT2D eigenvalue weighted by Crippen LogP contribution is 2.30. The molecule has 0 aliphatic heterocycles. The standard InChI is InChI=1S/C10H9N3O3/c1-16-9-6-7(13(14)15)2-3-8(9)10-11-4-5-12-10/h2-6H,1H3,(H,11,12). The summed E-state index contributed by atoms with van der Waals surface area (Å²) in [6.07, 6.45) is 3.28. The zero-order chi connectivity index (χ0) is 11.5. The molecule has 1 heterocycles. The predicted octanol–water partition coefficient (Wildman–Crippen LogP) is 1.99. The van der Waals surface area contributed by atoms with E-state index < -0.39 is 4.92 Å². The van der Waals surface area contributed by atoms with Crippen LogP contribution in [0.1, 0.15) is 0 Å². The van der Waals surface area contributed by atoms with Crippen LogP contribution in [-0.4, -0.2) is 22.0 Å². The van der Waals surface area contributed by atoms with Gasteiger partial charge >= 0.3 is 0 Å². The van der Waals surface area contributed by atoms with Gasteiger partial charge in [0, 0.05) is 18.5 Å². The number of non-ortho nitro benzene ring substituents is 1. The Bertz CT molecular complexity index is 508. The molecule has 6 nitrogen and oxygen atoms in total. The van der Waals surface area contributed by atoms with Gasteiger partial charge in [-0.1, -0.05) is 0 Å². The molecule has 1 aromatic heterocycles. The van der Waals surface area contributed by atoms with Crippen molar-refractivity contribution in [2.75, 3.05) is 7.11 Å². The van der Waals surface area contributed by atoms with Gasteiger partial charge in [-0.2, -0.15) is 0 Å². The van der Waals surface area contributed by atoms with Crippen LogP contribution in [0.4, 0.5) is 5.69 Å². The summed E-state index contributed by atoms with van der Waals surface area (Å²) in [6, 6.07) is 4.40. The van der Waals surface area contributed by atoms with Gasteiger partial charge in [0.2, 0.25) is 0 Å². The lowest BCUT2D eigenvalue weighted by atomic mass is 10.1. The molecule has 1 aromatic carbocycles. The van der Waals surface area contributed by atoms with Crippen LogP contribution in [0.5, 0.6) is 5.75 Å². The monoisotopic (exact) mass is 219 g/mol. The summed E-state index contributed by atoms with van der Waals surface area (Å²) >= 11 is 0. The maximum Gasteiger partial charge on any atom is 0.273 e. The predicted molar refractivity (Wildman–Crippen MR) is 57.2 cm³/mol. The Hall–Kier alpha value is -2.37. The van der Waals surface area contributed by atoms with Crippen molar-refractivity contribution < 1.29 is 9.66 Å². The quantitative estimate of drug-likeness (QED) is 0.632. The van der Waals surface area contributed by atoms with Gasteiger partial charge in [0.25, 0.3) is 5.69 Å². The lowest BCUT2D eigenvalue weighted by molar-refractivity contribution is -0.384. The highest BCUT2D eigenvalue weighted by atomic mass is 16.6. The van der Waals surface area contributed by atoms with Crippen molar-refractivity contribution in [3.63, 3.8) is 0 Å². The Labute approximate surface area is 91.0 Å². The van der Waals surface area contributed by atoms with Crippen molar-refractivity contribution in [1.29, 1.82) is 0 Å². The minimum absolute atomic E-state index is 0.00726. The van der Waals surface area contributed by atoms with Crippen molar-refractivity contribution in [2.45, 2.75) is 0 Å². The SMILES string of the molecule is COc1cc([N+](=O)[O-])ccc1-c1ncc[nH]1. The molecule has 16 heavy (non-hydrogen) atoms. The second-order valence-electron chi connectivity index (χ2n) is 3.08. The molecule has 2 aromatic rings. The van der Waals surface area contributed by atoms with Gasteiger partial charge < -0.3 is 9.72 Å². The molecule has 0 aliphatic carbocycles. The third kappa shape index (κ3) is 1.72. The van der Waals surface area contributed by atoms with E-state index in [1.165, 1.54) is 19.2 Å². The van der Waals surface area contributed by atoms with Crippen LogP contribution < -0.4 is 4.74 Å². The molecule has 0 bridgehead atoms. The van der Waals surface area contributed by atoms with Crippen LogP contribution in [0.3, 0.4) is 0 Å². The topological polar surface area (TPSA) is 81.1 Å². The second-order valence-corrected chi connectivity index (χ2v) is 3.08. The van der Waals surface area contributed by atoms with Crippen molar-refractivity contribution >= 4 is 5.69 Å². The lowest BCUT2D eigenvalue weighted by Crippen LogP contribution is -1.93. The Balaban J connectivity index is 2.51. The summed E-state index contributed by atoms with van der Waals surface area (Å²) in [6.45, 7) is 0. The van der Waals surface area contributed by atoms with Gasteiger partial charge in [-0.25, -0.2) is 4.98 Å². The number of nitro benzene ring substituents is 1. The largest absolute Gasteiger partial charge is 0.496 e. The molecule has 1 N–H and O–H groups in total. The summed E-state index contributed by atoms with van der Waals surface area (Å²) in [5, 5.41) is 10.6. The molecule has 0 radical (unpaired) electrons. The Morgan fingerprint density at radius 3 is 2.88 bits per heavy atom. The van der Waals surface area contributed by atoms with E-state index in [9.17, 15) is 10.1 Å². The number of imidazole rings is 1. The number of benzene rings is 1. The normalized spacial score (nSPS) is 10.1. The summed E-state index contributed by atoms with van der Waals surface area (Å²) in [5.74, 6) is 1.04. The Morgan fingerprint density at radius 1 is 1.50 bits per heavy atom. The number of methoxy groups -OCH3 is 1. The highest BCUT2D eigenvalue weighted by molar-refractivity contribution is 5.66. The van der Waals surface area contributed by atoms with Crippen LogP contribution >= 0.6 is 0 Å². The molecule has 0 spiro atoms. The molecule has 82 valence electrons. The van der Waals surface area contributed by atoms with Gasteiger partial charge in [-0.05, 0) is 6.07 Å². The number of nitro groups is 1. The molecule has 6 heteroatoms. The Kier molecular flexibility index (Phi) is 2.55. The molecule has 2 rings (SSSR count). The average molecular weight is 219 g/mol. The van der Waals surface area contributed by atoms with E-state index in [1.54, 1.807) is 18.5 Å². The number of aromatic nitrogens is 2. The Morgan fingerprint density at radius 2 is 2.31 bits per heavy atom. The molecule has 0 fully saturated rings. The summed E-state index contributed by atoms with van der Waals surface area (Å²) in [7, 11) is 1.46. The third-order valence-corrected chi connectivity index (χ3v) is 2.15. The summed E-state index contributed by atoms with van der Waals surface area (Å²) in [5.41, 5.74) is 0.685. The van der Waals surface area contributed by atoms with Crippen molar-refractivity contribution in [3.8, 4) is 17.1 Å². The minimum atomic E-state index is -0.464. The molecule has 0 saturated heterocycles. The molecule has 0 unspecified atom stereocenters. The number of nitrogens with zero attached hydrogens (tertiary/aromatic N) is 2. The van der Waals surface area contributed by atoms with Crippen LogP contribution in [0.2, 0.25) is 0 Å². The average Bonchev–Trinajstić information content (AvgIpc) is 2.81. The first kappa shape index (κ1) is 10.2. The van der Waals surface area contributed by atoms with Crippen LogP contribution in [-0.2, 0) is 0 Å². The second kappa shape index (κ2) is 4.01. The van der Waals surface area contributed by atoms with Crippen LogP contribution in [0.25, 0.3) is 11.4 Å². The van der Waals surface area contributed by atoms with Gasteiger partial charge in [0.1, 0.15) is 11.6 Å². The molecular formula is C10H9N3O3. The van der Waals surface area contributed by atoms with E-state index in [0.29, 0.717) is 17.1 Å². The van der Waals surface area contributed by atoms with E-state index >= 15 is 0 Å². The first-order chi connectivity index (χ1) is 7.72. The summed E-state index contributed by atoms with van der Waals surface area (Å²) in [4.78, 5) is 17.1. The van der Waals surface area contributed by atoms with Gasteiger partial charge in [0.15, 0.2) is 0 Å². The maximum absolute atomic E-state index is 10.6. The van der Waals surface area contributed by atoms with Gasteiger partial charge in [-0.3, -0.25) is 10.1 Å². The van der Waals surface area contributed by atoms with E-state index in [4.69, 9.17) is 4.74 Å². The zero-order valence-electron chi connectivity index (χ0n) is 8.51. The van der Waals surface area contributed by atoms with Gasteiger partial charge in [-0.15, -0.1) is 0 Å². The minimum Gasteiger partial charge on any atom is -0.496 e. The lowest BCUT2D eigenvalue weighted by Gasteiger charge is -2.05. The number of nitrogens with one attached hydrogen (secondary N) is 1. The van der Waals surface area contributed by atoms with E-state index in [1.807, 2.05) is 0 Å². The third-order valence-electron chi connectivity index (χ3n) is 2.15. The first-order valence-electron chi connectivity index (χ1n) is 4.54. The van der Waals surface area contributed by atoms with Gasteiger partial charge in [0.05, 0.1) is 23.7 Å². The molecule has 0 saturated carbocycles. The fourth-order valence-electron chi connectivity index (χ4n) is 1.40. The number of hydrogen-bond acceptors (Lipinski definition) is 4. The number of rotatable bonds is 3. The number of H-pyrrole nitrogens is 1. The number of hydrogen-bond donors (Lipinski definition) is 1. The maximum atomic E-state index is 10.6. The number of ether oxygens (including phenoxy) is 1. The van der Waals surface area contributed by atoms with E-state index in [2.05, 4.69) is 9.97 Å².